The summed E-state index contributed by atoms with van der Waals surface area (Å²) in [6.07, 6.45) is 1.12. The molecule has 0 spiro atoms. The Morgan fingerprint density at radius 2 is 1.91 bits per heavy atom. The minimum absolute atomic E-state index is 0. The summed E-state index contributed by atoms with van der Waals surface area (Å²) < 4.78 is 2.51. The quantitative estimate of drug-likeness (QED) is 0.755. The van der Waals surface area contributed by atoms with Crippen molar-refractivity contribution in [2.45, 2.75) is 26.4 Å². The molecule has 3 heteroatoms. The van der Waals surface area contributed by atoms with Crippen molar-refractivity contribution in [3.63, 3.8) is 0 Å². The predicted octanol–water partition coefficient (Wildman–Crippen LogP) is 4.07. The summed E-state index contributed by atoms with van der Waals surface area (Å²) in [4.78, 5) is 0. The summed E-state index contributed by atoms with van der Waals surface area (Å²) in [5, 5.41) is 4.94. The molecule has 1 N–H and O–H groups in total. The number of benzene rings is 2. The normalized spacial score (nSPS) is 13.7. The van der Waals surface area contributed by atoms with Crippen LogP contribution in [0, 0.1) is 6.92 Å². The van der Waals surface area contributed by atoms with E-state index in [1.807, 2.05) is 0 Å². The van der Waals surface area contributed by atoms with Crippen LogP contribution >= 0.6 is 12.4 Å². The van der Waals surface area contributed by atoms with E-state index in [0.717, 1.165) is 26.1 Å². The second-order valence-electron chi connectivity index (χ2n) is 5.94. The molecular weight excluding hydrogens is 292 g/mol. The van der Waals surface area contributed by atoms with Crippen molar-refractivity contribution in [3.05, 3.63) is 70.9 Å². The molecule has 0 saturated heterocycles. The number of hydrogen-bond donors (Lipinski definition) is 1. The van der Waals surface area contributed by atoms with Crippen LogP contribution in [0.3, 0.4) is 0 Å². The minimum Gasteiger partial charge on any atom is -0.340 e. The highest BCUT2D eigenvalue weighted by Crippen LogP contribution is 2.30. The van der Waals surface area contributed by atoms with Gasteiger partial charge in [-0.15, -0.1) is 12.4 Å². The summed E-state index contributed by atoms with van der Waals surface area (Å²) in [5.74, 6) is 0. The van der Waals surface area contributed by atoms with E-state index in [2.05, 4.69) is 65.3 Å². The third kappa shape index (κ3) is 2.53. The highest BCUT2D eigenvalue weighted by Gasteiger charge is 2.19. The molecule has 2 aromatic carbocycles. The van der Waals surface area contributed by atoms with Crippen LogP contribution in [0.5, 0.6) is 0 Å². The van der Waals surface area contributed by atoms with Gasteiger partial charge < -0.3 is 9.88 Å². The van der Waals surface area contributed by atoms with Crippen molar-refractivity contribution in [1.82, 2.24) is 9.88 Å². The van der Waals surface area contributed by atoms with Crippen molar-refractivity contribution in [1.29, 1.82) is 0 Å². The molecule has 0 fully saturated rings. The van der Waals surface area contributed by atoms with Gasteiger partial charge in [0, 0.05) is 42.7 Å². The topological polar surface area (TPSA) is 17.0 Å². The van der Waals surface area contributed by atoms with Gasteiger partial charge in [-0.05, 0) is 30.2 Å². The van der Waals surface area contributed by atoms with E-state index >= 15 is 0 Å². The van der Waals surface area contributed by atoms with Gasteiger partial charge in [0.05, 0.1) is 0 Å². The summed E-state index contributed by atoms with van der Waals surface area (Å²) >= 11 is 0. The van der Waals surface area contributed by atoms with E-state index in [4.69, 9.17) is 0 Å². The highest BCUT2D eigenvalue weighted by molar-refractivity contribution is 5.86. The molecule has 2 nitrogen and oxygen atoms in total. The van der Waals surface area contributed by atoms with Crippen LogP contribution in [-0.4, -0.2) is 11.1 Å². The number of nitrogens with one attached hydrogen (secondary N) is 1. The monoisotopic (exact) mass is 312 g/mol. The Balaban J connectivity index is 0.00000144. The van der Waals surface area contributed by atoms with Gasteiger partial charge in [-0.25, -0.2) is 0 Å². The molecule has 22 heavy (non-hydrogen) atoms. The fourth-order valence-corrected chi connectivity index (χ4v) is 3.44. The Bertz CT molecular complexity index is 790. The first-order valence-electron chi connectivity index (χ1n) is 7.68. The number of aromatic nitrogens is 1. The van der Waals surface area contributed by atoms with Crippen LogP contribution in [0.25, 0.3) is 10.9 Å². The van der Waals surface area contributed by atoms with Crippen molar-refractivity contribution < 1.29 is 0 Å². The Morgan fingerprint density at radius 3 is 2.73 bits per heavy atom. The molecule has 114 valence electrons. The van der Waals surface area contributed by atoms with Gasteiger partial charge in [-0.2, -0.15) is 0 Å². The second-order valence-corrected chi connectivity index (χ2v) is 5.94. The van der Waals surface area contributed by atoms with Crippen molar-refractivity contribution >= 4 is 23.3 Å². The minimum atomic E-state index is 0. The van der Waals surface area contributed by atoms with Gasteiger partial charge in [0.2, 0.25) is 0 Å². The number of aryl methyl sites for hydroxylation is 1. The van der Waals surface area contributed by atoms with Crippen molar-refractivity contribution in [2.75, 3.05) is 6.54 Å². The Kier molecular flexibility index (Phi) is 4.23. The highest BCUT2D eigenvalue weighted by atomic mass is 35.5. The molecule has 1 aliphatic heterocycles. The first kappa shape index (κ1) is 15.1. The smallest absolute Gasteiger partial charge is 0.0489 e. The van der Waals surface area contributed by atoms with Crippen LogP contribution in [-0.2, 0) is 19.5 Å². The largest absolute Gasteiger partial charge is 0.340 e. The van der Waals surface area contributed by atoms with Gasteiger partial charge in [-0.1, -0.05) is 42.0 Å². The maximum atomic E-state index is 3.52. The van der Waals surface area contributed by atoms with E-state index in [1.54, 1.807) is 0 Å². The lowest BCUT2D eigenvalue weighted by Crippen LogP contribution is -2.24. The van der Waals surface area contributed by atoms with Crippen molar-refractivity contribution in [2.24, 2.45) is 0 Å². The van der Waals surface area contributed by atoms with E-state index in [0.29, 0.717) is 0 Å². The van der Waals surface area contributed by atoms with Gasteiger partial charge in [0.1, 0.15) is 0 Å². The lowest BCUT2D eigenvalue weighted by atomic mass is 10.0. The van der Waals surface area contributed by atoms with Gasteiger partial charge in [-0.3, -0.25) is 0 Å². The summed E-state index contributed by atoms with van der Waals surface area (Å²) in [6.45, 7) is 5.22. The van der Waals surface area contributed by atoms with Gasteiger partial charge in [0.25, 0.3) is 0 Å². The van der Waals surface area contributed by atoms with E-state index < -0.39 is 0 Å². The zero-order chi connectivity index (χ0) is 14.2. The van der Waals surface area contributed by atoms with Crippen LogP contribution in [0.1, 0.15) is 22.4 Å². The number of halogens is 1. The number of nitrogens with zero attached hydrogens (tertiary/aromatic N) is 1. The summed E-state index contributed by atoms with van der Waals surface area (Å²) in [5.41, 5.74) is 7.09. The molecule has 3 aromatic rings. The molecule has 0 atom stereocenters. The molecule has 4 rings (SSSR count). The Labute approximate surface area is 137 Å². The average molecular weight is 313 g/mol. The molecule has 0 bridgehead atoms. The Hall–Kier alpha value is -1.77. The van der Waals surface area contributed by atoms with Gasteiger partial charge >= 0.3 is 0 Å². The standard InChI is InChI=1S/C19H20N2.ClH/c1-14-7-8-18-16(11-14)17-12-20-10-9-19(17)21(18)13-15-5-3-2-4-6-15;/h2-8,11,20H,9-10,12-13H2,1H3;1H. The SMILES string of the molecule is Cc1ccc2c(c1)c1c(n2Cc2ccccc2)CCNC1.Cl. The van der Waals surface area contributed by atoms with E-state index in [9.17, 15) is 0 Å². The fraction of sp³-hybridized carbons (Fsp3) is 0.263. The molecule has 2 heterocycles. The van der Waals surface area contributed by atoms with Crippen molar-refractivity contribution in [3.8, 4) is 0 Å². The maximum Gasteiger partial charge on any atom is 0.0489 e. The lowest BCUT2D eigenvalue weighted by Gasteiger charge is -2.17. The molecule has 0 radical (unpaired) electrons. The molecule has 1 aliphatic rings. The second kappa shape index (κ2) is 6.15. The summed E-state index contributed by atoms with van der Waals surface area (Å²) in [7, 11) is 0. The molecule has 0 aliphatic carbocycles. The van der Waals surface area contributed by atoms with E-state index in [1.165, 1.54) is 33.3 Å². The molecule has 1 aromatic heterocycles. The zero-order valence-corrected chi connectivity index (χ0v) is 13.6. The van der Waals surface area contributed by atoms with Gasteiger partial charge in [0.15, 0.2) is 0 Å². The number of hydrogen-bond acceptors (Lipinski definition) is 1. The van der Waals surface area contributed by atoms with Crippen LogP contribution in [0.2, 0.25) is 0 Å². The molecule has 0 unspecified atom stereocenters. The molecule has 0 amide bonds. The number of fused-ring (bicyclic) bond motifs is 3. The first-order chi connectivity index (χ1) is 10.3. The fourth-order valence-electron chi connectivity index (χ4n) is 3.44. The zero-order valence-electron chi connectivity index (χ0n) is 12.8. The number of rotatable bonds is 2. The molecular formula is C19H21ClN2. The van der Waals surface area contributed by atoms with Crippen LogP contribution in [0.4, 0.5) is 0 Å². The summed E-state index contributed by atoms with van der Waals surface area (Å²) in [6, 6.07) is 17.6. The van der Waals surface area contributed by atoms with E-state index in [-0.39, 0.29) is 12.4 Å². The lowest BCUT2D eigenvalue weighted by molar-refractivity contribution is 0.612. The average Bonchev–Trinajstić information content (AvgIpc) is 2.82. The third-order valence-corrected chi connectivity index (χ3v) is 4.47. The van der Waals surface area contributed by atoms with Crippen LogP contribution in [0.15, 0.2) is 48.5 Å². The first-order valence-corrected chi connectivity index (χ1v) is 7.68. The Morgan fingerprint density at radius 1 is 1.09 bits per heavy atom. The predicted molar refractivity (Wildman–Crippen MR) is 94.9 cm³/mol. The third-order valence-electron chi connectivity index (χ3n) is 4.47. The molecule has 0 saturated carbocycles. The maximum absolute atomic E-state index is 3.52. The van der Waals surface area contributed by atoms with Crippen LogP contribution < -0.4 is 5.32 Å².